The Morgan fingerprint density at radius 2 is 2.27 bits per heavy atom. The molecule has 0 bridgehead atoms. The Balaban J connectivity index is 1.83. The van der Waals surface area contributed by atoms with E-state index in [1.165, 1.54) is 37.2 Å². The van der Waals surface area contributed by atoms with Gasteiger partial charge in [0.2, 0.25) is 0 Å². The van der Waals surface area contributed by atoms with Gasteiger partial charge in [-0.05, 0) is 51.8 Å². The van der Waals surface area contributed by atoms with Crippen molar-refractivity contribution in [2.45, 2.75) is 51.7 Å². The first-order valence-corrected chi connectivity index (χ1v) is 7.37. The van der Waals surface area contributed by atoms with Gasteiger partial charge in [0.05, 0.1) is 6.10 Å². The number of thioether (sulfide) groups is 1. The van der Waals surface area contributed by atoms with Crippen LogP contribution in [-0.4, -0.2) is 36.8 Å². The first-order valence-electron chi connectivity index (χ1n) is 6.22. The van der Waals surface area contributed by atoms with Gasteiger partial charge in [-0.25, -0.2) is 0 Å². The molecule has 1 heterocycles. The van der Waals surface area contributed by atoms with Crippen molar-refractivity contribution >= 4 is 11.8 Å². The first-order chi connectivity index (χ1) is 7.29. The van der Waals surface area contributed by atoms with Gasteiger partial charge in [0.15, 0.2) is 0 Å². The molecule has 0 radical (unpaired) electrons. The Kier molecular flexibility index (Phi) is 7.49. The van der Waals surface area contributed by atoms with Gasteiger partial charge in [-0.1, -0.05) is 0 Å². The van der Waals surface area contributed by atoms with Crippen molar-refractivity contribution in [3.05, 3.63) is 0 Å². The third-order valence-electron chi connectivity index (χ3n) is 2.62. The van der Waals surface area contributed by atoms with E-state index in [0.29, 0.717) is 6.10 Å². The van der Waals surface area contributed by atoms with Crippen molar-refractivity contribution in [1.29, 1.82) is 0 Å². The van der Waals surface area contributed by atoms with Gasteiger partial charge < -0.3 is 10.1 Å². The van der Waals surface area contributed by atoms with E-state index >= 15 is 0 Å². The number of hydrogen-bond donors (Lipinski definition) is 1. The molecule has 1 unspecified atom stereocenters. The van der Waals surface area contributed by atoms with Crippen LogP contribution in [0.5, 0.6) is 0 Å². The Hall–Kier alpha value is 0.270. The Bertz CT molecular complexity index is 147. The van der Waals surface area contributed by atoms with Crippen LogP contribution < -0.4 is 5.32 Å². The lowest BCUT2D eigenvalue weighted by molar-refractivity contribution is 0.0759. The summed E-state index contributed by atoms with van der Waals surface area (Å²) in [5, 5.41) is 3.63. The fourth-order valence-electron chi connectivity index (χ4n) is 1.75. The molecular weight excluding hydrogens is 206 g/mol. The SMILES string of the molecule is CC(C)OCCCCNC1CCCSC1. The van der Waals surface area contributed by atoms with Crippen LogP contribution >= 0.6 is 11.8 Å². The number of ether oxygens (including phenoxy) is 1. The molecule has 3 heteroatoms. The van der Waals surface area contributed by atoms with Crippen molar-refractivity contribution in [1.82, 2.24) is 5.32 Å². The Labute approximate surface area is 98.5 Å². The lowest BCUT2D eigenvalue weighted by Gasteiger charge is -2.22. The molecule has 1 fully saturated rings. The molecule has 0 aliphatic carbocycles. The molecule has 1 saturated heterocycles. The molecule has 0 aromatic rings. The maximum Gasteiger partial charge on any atom is 0.0518 e. The van der Waals surface area contributed by atoms with E-state index in [0.717, 1.165) is 19.2 Å². The van der Waals surface area contributed by atoms with Gasteiger partial charge in [-0.3, -0.25) is 0 Å². The second-order valence-electron chi connectivity index (χ2n) is 4.49. The summed E-state index contributed by atoms with van der Waals surface area (Å²) in [6.07, 6.45) is 5.57. The molecule has 0 spiro atoms. The van der Waals surface area contributed by atoms with E-state index < -0.39 is 0 Å². The molecule has 1 aliphatic rings. The van der Waals surface area contributed by atoms with Crippen LogP contribution in [0.2, 0.25) is 0 Å². The average Bonchev–Trinajstić information content (AvgIpc) is 2.24. The highest BCUT2D eigenvalue weighted by atomic mass is 32.2. The molecule has 0 aromatic heterocycles. The summed E-state index contributed by atoms with van der Waals surface area (Å²) in [4.78, 5) is 0. The molecular formula is C12H25NOS. The van der Waals surface area contributed by atoms with Crippen molar-refractivity contribution in [2.24, 2.45) is 0 Å². The number of hydrogen-bond acceptors (Lipinski definition) is 3. The monoisotopic (exact) mass is 231 g/mol. The Morgan fingerprint density at radius 3 is 2.93 bits per heavy atom. The highest BCUT2D eigenvalue weighted by molar-refractivity contribution is 7.99. The number of rotatable bonds is 7. The maximum absolute atomic E-state index is 5.50. The van der Waals surface area contributed by atoms with Gasteiger partial charge in [0, 0.05) is 18.4 Å². The van der Waals surface area contributed by atoms with E-state index in [-0.39, 0.29) is 0 Å². The van der Waals surface area contributed by atoms with Crippen molar-refractivity contribution in [3.63, 3.8) is 0 Å². The molecule has 90 valence electrons. The average molecular weight is 231 g/mol. The molecule has 0 aromatic carbocycles. The van der Waals surface area contributed by atoms with E-state index in [9.17, 15) is 0 Å². The summed E-state index contributed by atoms with van der Waals surface area (Å²) in [5.74, 6) is 2.67. The van der Waals surface area contributed by atoms with Gasteiger partial charge in [0.25, 0.3) is 0 Å². The van der Waals surface area contributed by atoms with Gasteiger partial charge in [-0.15, -0.1) is 0 Å². The van der Waals surface area contributed by atoms with Gasteiger partial charge in [0.1, 0.15) is 0 Å². The van der Waals surface area contributed by atoms with Crippen molar-refractivity contribution < 1.29 is 4.74 Å². The molecule has 1 rings (SSSR count). The highest BCUT2D eigenvalue weighted by Gasteiger charge is 2.11. The second-order valence-corrected chi connectivity index (χ2v) is 5.64. The molecule has 0 saturated carbocycles. The fraction of sp³-hybridized carbons (Fsp3) is 1.00. The minimum Gasteiger partial charge on any atom is -0.379 e. The topological polar surface area (TPSA) is 21.3 Å². The third kappa shape index (κ3) is 7.20. The molecule has 2 nitrogen and oxygen atoms in total. The van der Waals surface area contributed by atoms with Crippen LogP contribution in [0.15, 0.2) is 0 Å². The van der Waals surface area contributed by atoms with E-state index in [4.69, 9.17) is 4.74 Å². The quantitative estimate of drug-likeness (QED) is 0.681. The van der Waals surface area contributed by atoms with E-state index in [1.807, 2.05) is 0 Å². The largest absolute Gasteiger partial charge is 0.379 e. The molecule has 1 atom stereocenters. The second kappa shape index (κ2) is 8.43. The van der Waals surface area contributed by atoms with Crippen molar-refractivity contribution in [3.8, 4) is 0 Å². The number of unbranched alkanes of at least 4 members (excludes halogenated alkanes) is 1. The zero-order chi connectivity index (χ0) is 10.9. The lowest BCUT2D eigenvalue weighted by Crippen LogP contribution is -2.34. The first kappa shape index (κ1) is 13.3. The number of nitrogens with one attached hydrogen (secondary N) is 1. The summed E-state index contributed by atoms with van der Waals surface area (Å²) >= 11 is 2.09. The molecule has 1 N–H and O–H groups in total. The summed E-state index contributed by atoms with van der Waals surface area (Å²) in [5.41, 5.74) is 0. The highest BCUT2D eigenvalue weighted by Crippen LogP contribution is 2.16. The van der Waals surface area contributed by atoms with Gasteiger partial charge >= 0.3 is 0 Å². The summed E-state index contributed by atoms with van der Waals surface area (Å²) < 4.78 is 5.50. The summed E-state index contributed by atoms with van der Waals surface area (Å²) in [6.45, 7) is 6.26. The molecule has 15 heavy (non-hydrogen) atoms. The van der Waals surface area contributed by atoms with Crippen molar-refractivity contribution in [2.75, 3.05) is 24.7 Å². The predicted molar refractivity (Wildman–Crippen MR) is 68.7 cm³/mol. The van der Waals surface area contributed by atoms with Crippen LogP contribution in [0.3, 0.4) is 0 Å². The third-order valence-corrected chi connectivity index (χ3v) is 3.83. The van der Waals surface area contributed by atoms with Crippen LogP contribution in [0.1, 0.15) is 39.5 Å². The van der Waals surface area contributed by atoms with Crippen LogP contribution in [0.25, 0.3) is 0 Å². The minimum atomic E-state index is 0.382. The molecule has 1 aliphatic heterocycles. The predicted octanol–water partition coefficient (Wildman–Crippen LogP) is 2.68. The molecule has 0 amide bonds. The maximum atomic E-state index is 5.50. The zero-order valence-electron chi connectivity index (χ0n) is 10.1. The smallest absolute Gasteiger partial charge is 0.0518 e. The minimum absolute atomic E-state index is 0.382. The van der Waals surface area contributed by atoms with Crippen LogP contribution in [0.4, 0.5) is 0 Å². The van der Waals surface area contributed by atoms with Crippen LogP contribution in [0, 0.1) is 0 Å². The lowest BCUT2D eigenvalue weighted by atomic mass is 10.2. The normalized spacial score (nSPS) is 22.2. The van der Waals surface area contributed by atoms with E-state index in [1.54, 1.807) is 0 Å². The summed E-state index contributed by atoms with van der Waals surface area (Å²) in [7, 11) is 0. The van der Waals surface area contributed by atoms with Gasteiger partial charge in [-0.2, -0.15) is 11.8 Å². The van der Waals surface area contributed by atoms with E-state index in [2.05, 4.69) is 30.9 Å². The standard InChI is InChI=1S/C12H25NOS/c1-11(2)14-8-4-3-7-13-12-6-5-9-15-10-12/h11-13H,3-10H2,1-2H3. The van der Waals surface area contributed by atoms with Crippen LogP contribution in [-0.2, 0) is 4.74 Å². The zero-order valence-corrected chi connectivity index (χ0v) is 10.9. The fourth-order valence-corrected chi connectivity index (χ4v) is 2.86. The Morgan fingerprint density at radius 1 is 1.40 bits per heavy atom. The summed E-state index contributed by atoms with van der Waals surface area (Å²) in [6, 6.07) is 0.773.